The lowest BCUT2D eigenvalue weighted by Gasteiger charge is -2.28. The molecular formula is C51H66N8O12. The molecule has 0 unspecified atom stereocenters. The van der Waals surface area contributed by atoms with Gasteiger partial charge in [-0.3, -0.25) is 33.6 Å². The molecule has 0 radical (unpaired) electrons. The predicted octanol–water partition coefficient (Wildman–Crippen LogP) is 2.26. The lowest BCUT2D eigenvalue weighted by atomic mass is 9.94. The molecule has 4 rings (SSSR count). The average molecular weight is 983 g/mol. The summed E-state index contributed by atoms with van der Waals surface area (Å²) in [7, 11) is 2.83. The number of nitrogens with zero attached hydrogens (tertiary/aromatic N) is 1. The number of nitrogens with one attached hydrogen (secondary N) is 7. The number of aromatic amines is 1. The molecule has 0 aliphatic carbocycles. The van der Waals surface area contributed by atoms with E-state index in [9.17, 15) is 53.4 Å². The van der Waals surface area contributed by atoms with Crippen LogP contribution in [0.2, 0.25) is 0 Å². The van der Waals surface area contributed by atoms with Gasteiger partial charge >= 0.3 is 11.9 Å². The first-order valence-electron chi connectivity index (χ1n) is 23.2. The zero-order chi connectivity index (χ0) is 52.7. The summed E-state index contributed by atoms with van der Waals surface area (Å²) < 4.78 is 5.84. The first-order valence-corrected chi connectivity index (χ1v) is 23.2. The molecule has 2 aromatic carbocycles. The number of amides is 7. The Hall–Kier alpha value is -7.61. The van der Waals surface area contributed by atoms with Crippen LogP contribution in [0, 0.1) is 17.8 Å². The Labute approximate surface area is 412 Å². The summed E-state index contributed by atoms with van der Waals surface area (Å²) in [5.74, 6) is -12.1. The van der Waals surface area contributed by atoms with Gasteiger partial charge in [-0.05, 0) is 50.8 Å². The fraction of sp³-hybridized carbons (Fsp3) is 0.431. The third kappa shape index (κ3) is 15.7. The number of likely N-dealkylation sites (N-methyl/N-ethyl adjacent to an activating group) is 1. The highest BCUT2D eigenvalue weighted by Crippen LogP contribution is 2.21. The molecule has 1 aliphatic rings. The zero-order valence-electron chi connectivity index (χ0n) is 41.2. The summed E-state index contributed by atoms with van der Waals surface area (Å²) in [6.07, 6.45) is 6.23. The quantitative estimate of drug-likeness (QED) is 0.0988. The van der Waals surface area contributed by atoms with E-state index in [1.54, 1.807) is 43.7 Å². The first-order chi connectivity index (χ1) is 33.5. The highest BCUT2D eigenvalue weighted by molar-refractivity contribution is 6.00. The van der Waals surface area contributed by atoms with Crippen molar-refractivity contribution in [3.8, 4) is 0 Å². The number of rotatable bonds is 11. The lowest BCUT2D eigenvalue weighted by Crippen LogP contribution is -2.58. The SMILES string of the molecule is C=C1C(=O)N[C@H](C)C(=O)N[C@@H](C)C(=O)N[C@@H](C(=O)O)[C@H](C)C(=O)N[C@@H](Cc2c[nH]c3ccccc23)C(=O)N[C@@H](/C=C/C(C)=C/[C@H](C)[C@H](Cc2ccccc2)OC)[C@H](C)C(=O)N[C@@H](C(=O)O)CCC(=O)N1C. The Morgan fingerprint density at radius 3 is 2.06 bits per heavy atom. The molecule has 0 bridgehead atoms. The van der Waals surface area contributed by atoms with Crippen molar-refractivity contribution in [2.24, 2.45) is 17.8 Å². The van der Waals surface area contributed by atoms with Gasteiger partial charge in [-0.15, -0.1) is 0 Å². The van der Waals surface area contributed by atoms with E-state index < -0.39 is 120 Å². The third-order valence-electron chi connectivity index (χ3n) is 12.5. The van der Waals surface area contributed by atoms with Crippen LogP contribution >= 0.6 is 0 Å². The van der Waals surface area contributed by atoms with E-state index in [-0.39, 0.29) is 18.4 Å². The van der Waals surface area contributed by atoms with Crippen molar-refractivity contribution in [3.63, 3.8) is 0 Å². The summed E-state index contributed by atoms with van der Waals surface area (Å²) in [5, 5.41) is 36.1. The number of aromatic nitrogens is 1. The van der Waals surface area contributed by atoms with Crippen molar-refractivity contribution in [3.05, 3.63) is 108 Å². The van der Waals surface area contributed by atoms with E-state index in [1.807, 2.05) is 56.3 Å². The molecule has 0 spiro atoms. The zero-order valence-corrected chi connectivity index (χ0v) is 41.2. The van der Waals surface area contributed by atoms with Crippen LogP contribution in [-0.2, 0) is 60.7 Å². The Bertz CT molecular complexity index is 2520. The second-order valence-corrected chi connectivity index (χ2v) is 17.9. The number of benzene rings is 2. The number of fused-ring (bicyclic) bond motifs is 1. The summed E-state index contributed by atoms with van der Waals surface area (Å²) in [5.41, 5.74) is 2.71. The molecule has 3 aromatic rings. The fourth-order valence-corrected chi connectivity index (χ4v) is 7.84. The van der Waals surface area contributed by atoms with Gasteiger partial charge in [-0.1, -0.05) is 99.7 Å². The Balaban J connectivity index is 1.78. The molecule has 1 saturated heterocycles. The van der Waals surface area contributed by atoms with E-state index in [4.69, 9.17) is 4.74 Å². The Kier molecular flexibility index (Phi) is 20.4. The maximum atomic E-state index is 14.7. The van der Waals surface area contributed by atoms with Gasteiger partial charge in [0.25, 0.3) is 5.91 Å². The number of ether oxygens (including phenoxy) is 1. The van der Waals surface area contributed by atoms with Gasteiger partial charge in [-0.25, -0.2) is 9.59 Å². The van der Waals surface area contributed by atoms with Crippen molar-refractivity contribution >= 4 is 64.2 Å². The van der Waals surface area contributed by atoms with Gasteiger partial charge in [0.05, 0.1) is 24.0 Å². The molecule has 1 aromatic heterocycles. The Morgan fingerprint density at radius 2 is 1.41 bits per heavy atom. The maximum Gasteiger partial charge on any atom is 0.327 e. The molecule has 71 heavy (non-hydrogen) atoms. The maximum absolute atomic E-state index is 14.7. The minimum atomic E-state index is -1.87. The van der Waals surface area contributed by atoms with E-state index in [1.165, 1.54) is 34.7 Å². The van der Waals surface area contributed by atoms with Crippen molar-refractivity contribution in [1.29, 1.82) is 0 Å². The predicted molar refractivity (Wildman–Crippen MR) is 263 cm³/mol. The van der Waals surface area contributed by atoms with Crippen LogP contribution in [0.25, 0.3) is 10.9 Å². The van der Waals surface area contributed by atoms with Gasteiger partial charge in [0.1, 0.15) is 35.9 Å². The number of allylic oxidation sites excluding steroid dienone is 2. The van der Waals surface area contributed by atoms with Crippen molar-refractivity contribution in [2.75, 3.05) is 14.2 Å². The van der Waals surface area contributed by atoms with Crippen molar-refractivity contribution < 1.29 is 58.1 Å². The number of aliphatic carboxylic acids is 2. The minimum absolute atomic E-state index is 0.113. The number of hydrogen-bond acceptors (Lipinski definition) is 10. The summed E-state index contributed by atoms with van der Waals surface area (Å²) in [6.45, 7) is 12.6. The topological polar surface area (TPSA) is 295 Å². The molecule has 1 aliphatic heterocycles. The molecule has 2 heterocycles. The molecule has 382 valence electrons. The van der Waals surface area contributed by atoms with Crippen LogP contribution in [0.4, 0.5) is 0 Å². The number of para-hydroxylation sites is 1. The molecule has 0 saturated carbocycles. The molecule has 10 atom stereocenters. The largest absolute Gasteiger partial charge is 0.480 e. The number of carboxylic acid groups (broad SMARTS) is 2. The second kappa shape index (κ2) is 25.8. The van der Waals surface area contributed by atoms with Gasteiger partial charge < -0.3 is 56.7 Å². The van der Waals surface area contributed by atoms with Crippen LogP contribution < -0.4 is 31.9 Å². The van der Waals surface area contributed by atoms with Gasteiger partial charge in [-0.2, -0.15) is 0 Å². The average Bonchev–Trinajstić information content (AvgIpc) is 3.75. The van der Waals surface area contributed by atoms with E-state index in [0.717, 1.165) is 26.9 Å². The molecule has 1 fully saturated rings. The van der Waals surface area contributed by atoms with Crippen LogP contribution in [-0.4, -0.2) is 130 Å². The Morgan fingerprint density at radius 1 is 0.789 bits per heavy atom. The smallest absolute Gasteiger partial charge is 0.327 e. The normalized spacial score (nSPS) is 25.4. The van der Waals surface area contributed by atoms with E-state index in [0.29, 0.717) is 12.0 Å². The number of methoxy groups -OCH3 is 1. The summed E-state index contributed by atoms with van der Waals surface area (Å²) >= 11 is 0. The van der Waals surface area contributed by atoms with Crippen LogP contribution in [0.5, 0.6) is 0 Å². The standard InChI is InChI=1S/C51H66N8O12/c1-27(23-28(2)41(71-9)24-34-15-11-10-12-16-34)19-20-37-29(3)44(61)56-39(50(67)68)21-22-42(60)59(8)33(7)48(65)54-31(5)46(63)53-32(6)47(64)58-43(51(69)70)30(4)45(62)57-40(49(66)55-37)25-35-26-52-38-18-14-13-17-36(35)38/h10-20,23,26,28-32,37,39-41,43,52H,7,21-22,24-25H2,1-6,8-9H3,(H,53,63)(H,54,65)(H,55,66)(H,56,61)(H,57,62)(H,58,64)(H,67,68)(H,69,70)/b20-19+,27-23+/t28-,29-,30-,31+,32-,37-,39+,40-,41-,43+/m0/s1. The van der Waals surface area contributed by atoms with Gasteiger partial charge in [0, 0.05) is 50.0 Å². The first kappa shape index (κ1) is 56.0. The third-order valence-corrected chi connectivity index (χ3v) is 12.5. The van der Waals surface area contributed by atoms with Crippen molar-refractivity contribution in [1.82, 2.24) is 41.8 Å². The van der Waals surface area contributed by atoms with Crippen LogP contribution in [0.1, 0.15) is 65.5 Å². The highest BCUT2D eigenvalue weighted by Gasteiger charge is 2.37. The van der Waals surface area contributed by atoms with Gasteiger partial charge in [0.2, 0.25) is 35.4 Å². The second-order valence-electron chi connectivity index (χ2n) is 17.9. The fourth-order valence-electron chi connectivity index (χ4n) is 7.84. The molecule has 20 heteroatoms. The molecule has 9 N–H and O–H groups in total. The number of carbonyl (C=O) groups excluding carboxylic acids is 7. The summed E-state index contributed by atoms with van der Waals surface area (Å²) in [6, 6.07) is 8.23. The highest BCUT2D eigenvalue weighted by atomic mass is 16.5. The van der Waals surface area contributed by atoms with E-state index in [2.05, 4.69) is 43.5 Å². The van der Waals surface area contributed by atoms with Gasteiger partial charge in [0.15, 0.2) is 0 Å². The molecule has 7 amide bonds. The molecule has 20 nitrogen and oxygen atoms in total. The van der Waals surface area contributed by atoms with Crippen LogP contribution in [0.3, 0.4) is 0 Å². The molecular weight excluding hydrogens is 917 g/mol. The van der Waals surface area contributed by atoms with Crippen molar-refractivity contribution in [2.45, 2.75) is 110 Å². The lowest BCUT2D eigenvalue weighted by molar-refractivity contribution is -0.146. The summed E-state index contributed by atoms with van der Waals surface area (Å²) in [4.78, 5) is 125. The number of hydrogen-bond donors (Lipinski definition) is 9. The number of H-pyrrole nitrogens is 1. The van der Waals surface area contributed by atoms with E-state index >= 15 is 0 Å². The minimum Gasteiger partial charge on any atom is -0.480 e. The van der Waals surface area contributed by atoms with Crippen LogP contribution in [0.15, 0.2) is 96.9 Å². The number of carboxylic acids is 2. The monoisotopic (exact) mass is 982 g/mol. The number of carbonyl (C=O) groups is 9.